The molecule has 1 heterocycles. The van der Waals surface area contributed by atoms with Crippen molar-refractivity contribution in [3.8, 4) is 11.5 Å². The molecule has 1 aromatic carbocycles. The Morgan fingerprint density at radius 2 is 2.06 bits per heavy atom. The second-order valence-corrected chi connectivity index (χ2v) is 4.07. The van der Waals surface area contributed by atoms with Crippen LogP contribution < -0.4 is 0 Å². The number of hydrogen-bond acceptors (Lipinski definition) is 4. The minimum atomic E-state index is -0.994. The van der Waals surface area contributed by atoms with E-state index in [0.29, 0.717) is 17.4 Å². The van der Waals surface area contributed by atoms with Gasteiger partial charge < -0.3 is 9.52 Å². The van der Waals surface area contributed by atoms with Gasteiger partial charge in [-0.25, -0.2) is 4.79 Å². The molecule has 0 aliphatic heterocycles. The molecule has 0 unspecified atom stereocenters. The molecule has 3 rings (SSSR count). The zero-order valence-corrected chi connectivity index (χ0v) is 8.96. The van der Waals surface area contributed by atoms with Crippen LogP contribution in [-0.4, -0.2) is 21.3 Å². The Morgan fingerprint density at radius 3 is 2.76 bits per heavy atom. The third kappa shape index (κ3) is 1.80. The Morgan fingerprint density at radius 1 is 1.29 bits per heavy atom. The number of carboxylic acid groups (broad SMARTS) is 1. The van der Waals surface area contributed by atoms with Crippen molar-refractivity contribution >= 4 is 5.97 Å². The summed E-state index contributed by atoms with van der Waals surface area (Å²) >= 11 is 0. The second-order valence-electron chi connectivity index (χ2n) is 4.07. The van der Waals surface area contributed by atoms with Gasteiger partial charge in [-0.05, 0) is 25.0 Å². The summed E-state index contributed by atoms with van der Waals surface area (Å²) in [6.07, 6.45) is 2.14. The number of hydrogen-bond donors (Lipinski definition) is 1. The number of rotatable bonds is 3. The van der Waals surface area contributed by atoms with Gasteiger partial charge in [0.1, 0.15) is 0 Å². The number of nitrogens with zero attached hydrogens (tertiary/aromatic N) is 2. The maximum atomic E-state index is 11.1. The molecule has 0 spiro atoms. The minimum absolute atomic E-state index is 0.179. The molecule has 2 aromatic rings. The monoisotopic (exact) mass is 230 g/mol. The summed E-state index contributed by atoms with van der Waals surface area (Å²) in [6.45, 7) is 0. The Labute approximate surface area is 97.1 Å². The fraction of sp³-hybridized carbons (Fsp3) is 0.250. The van der Waals surface area contributed by atoms with E-state index in [4.69, 9.17) is 9.52 Å². The molecule has 0 atom stereocenters. The molecular weight excluding hydrogens is 220 g/mol. The Bertz CT molecular complexity index is 573. The van der Waals surface area contributed by atoms with Gasteiger partial charge in [-0.3, -0.25) is 0 Å². The summed E-state index contributed by atoms with van der Waals surface area (Å²) in [6, 6.07) is 6.63. The maximum Gasteiger partial charge on any atom is 0.336 e. The van der Waals surface area contributed by atoms with E-state index >= 15 is 0 Å². The van der Waals surface area contributed by atoms with E-state index < -0.39 is 5.97 Å². The molecule has 0 amide bonds. The summed E-state index contributed by atoms with van der Waals surface area (Å²) in [5, 5.41) is 16.9. The highest BCUT2D eigenvalue weighted by atomic mass is 16.4. The molecule has 17 heavy (non-hydrogen) atoms. The smallest absolute Gasteiger partial charge is 0.336 e. The van der Waals surface area contributed by atoms with Crippen LogP contribution in [-0.2, 0) is 0 Å². The predicted molar refractivity (Wildman–Crippen MR) is 58.7 cm³/mol. The summed E-state index contributed by atoms with van der Waals surface area (Å²) < 4.78 is 5.50. The van der Waals surface area contributed by atoms with Crippen molar-refractivity contribution in [1.29, 1.82) is 0 Å². The molecule has 86 valence electrons. The van der Waals surface area contributed by atoms with Crippen LogP contribution in [0.25, 0.3) is 11.5 Å². The van der Waals surface area contributed by atoms with E-state index in [1.54, 1.807) is 18.2 Å². The molecule has 0 bridgehead atoms. The van der Waals surface area contributed by atoms with E-state index in [2.05, 4.69) is 10.2 Å². The third-order valence-corrected chi connectivity index (χ3v) is 2.76. The normalized spacial score (nSPS) is 14.8. The largest absolute Gasteiger partial charge is 0.478 e. The van der Waals surface area contributed by atoms with Gasteiger partial charge in [0.2, 0.25) is 11.8 Å². The zero-order valence-electron chi connectivity index (χ0n) is 8.96. The van der Waals surface area contributed by atoms with Gasteiger partial charge in [-0.1, -0.05) is 12.1 Å². The van der Waals surface area contributed by atoms with Crippen molar-refractivity contribution in [2.75, 3.05) is 0 Å². The van der Waals surface area contributed by atoms with Crippen molar-refractivity contribution in [3.05, 3.63) is 35.7 Å². The molecule has 0 radical (unpaired) electrons. The number of benzene rings is 1. The molecule has 5 heteroatoms. The van der Waals surface area contributed by atoms with Crippen LogP contribution >= 0.6 is 0 Å². The fourth-order valence-corrected chi connectivity index (χ4v) is 1.69. The topological polar surface area (TPSA) is 76.2 Å². The van der Waals surface area contributed by atoms with Crippen LogP contribution in [0.5, 0.6) is 0 Å². The summed E-state index contributed by atoms with van der Waals surface area (Å²) in [5.74, 6) is 0.269. The summed E-state index contributed by atoms with van der Waals surface area (Å²) in [7, 11) is 0. The quantitative estimate of drug-likeness (QED) is 0.875. The van der Waals surface area contributed by atoms with E-state index in [1.165, 1.54) is 6.07 Å². The molecule has 1 N–H and O–H groups in total. The van der Waals surface area contributed by atoms with E-state index in [0.717, 1.165) is 12.8 Å². The molecular formula is C12H10N2O3. The van der Waals surface area contributed by atoms with Crippen molar-refractivity contribution in [2.45, 2.75) is 18.8 Å². The first-order chi connectivity index (χ1) is 8.25. The fourth-order valence-electron chi connectivity index (χ4n) is 1.69. The van der Waals surface area contributed by atoms with Crippen LogP contribution in [0.3, 0.4) is 0 Å². The lowest BCUT2D eigenvalue weighted by molar-refractivity contribution is 0.0697. The highest BCUT2D eigenvalue weighted by Gasteiger charge is 2.30. The molecule has 1 aromatic heterocycles. The first-order valence-electron chi connectivity index (χ1n) is 5.42. The maximum absolute atomic E-state index is 11.1. The van der Waals surface area contributed by atoms with Crippen molar-refractivity contribution in [3.63, 3.8) is 0 Å². The number of aromatic nitrogens is 2. The highest BCUT2D eigenvalue weighted by Crippen LogP contribution is 2.40. The number of aromatic carboxylic acids is 1. The van der Waals surface area contributed by atoms with Crippen molar-refractivity contribution < 1.29 is 14.3 Å². The minimum Gasteiger partial charge on any atom is -0.478 e. The standard InChI is InChI=1S/C12H10N2O3/c15-12(16)9-4-2-1-3-8(9)11-14-13-10(17-11)7-5-6-7/h1-4,7H,5-6H2,(H,15,16). The Hall–Kier alpha value is -2.17. The van der Waals surface area contributed by atoms with Gasteiger partial charge in [0, 0.05) is 5.92 Å². The number of carbonyl (C=O) groups is 1. The first-order valence-corrected chi connectivity index (χ1v) is 5.42. The van der Waals surface area contributed by atoms with Crippen LogP contribution in [0.2, 0.25) is 0 Å². The Kier molecular flexibility index (Phi) is 2.18. The molecule has 1 aliphatic carbocycles. The van der Waals surface area contributed by atoms with E-state index in [-0.39, 0.29) is 11.5 Å². The third-order valence-electron chi connectivity index (χ3n) is 2.76. The average Bonchev–Trinajstić information content (AvgIpc) is 3.07. The van der Waals surface area contributed by atoms with Gasteiger partial charge in [-0.2, -0.15) is 0 Å². The summed E-state index contributed by atoms with van der Waals surface area (Å²) in [5.41, 5.74) is 0.651. The second kappa shape index (κ2) is 3.69. The SMILES string of the molecule is O=C(O)c1ccccc1-c1nnc(C2CC2)o1. The van der Waals surface area contributed by atoms with Gasteiger partial charge in [0.05, 0.1) is 11.1 Å². The lowest BCUT2D eigenvalue weighted by Crippen LogP contribution is -1.98. The first kappa shape index (κ1) is 10.0. The van der Waals surface area contributed by atoms with Gasteiger partial charge in [-0.15, -0.1) is 10.2 Å². The van der Waals surface area contributed by atoms with E-state index in [1.807, 2.05) is 0 Å². The predicted octanol–water partition coefficient (Wildman–Crippen LogP) is 2.31. The molecule has 0 saturated heterocycles. The molecule has 5 nitrogen and oxygen atoms in total. The van der Waals surface area contributed by atoms with Gasteiger partial charge in [0.15, 0.2) is 0 Å². The molecule has 1 aliphatic rings. The van der Waals surface area contributed by atoms with Gasteiger partial charge in [0.25, 0.3) is 0 Å². The van der Waals surface area contributed by atoms with Gasteiger partial charge >= 0.3 is 5.97 Å². The summed E-state index contributed by atoms with van der Waals surface area (Å²) in [4.78, 5) is 11.1. The lowest BCUT2D eigenvalue weighted by atomic mass is 10.1. The number of carboxylic acids is 1. The zero-order chi connectivity index (χ0) is 11.8. The molecule has 1 saturated carbocycles. The van der Waals surface area contributed by atoms with Crippen LogP contribution in [0.4, 0.5) is 0 Å². The Balaban J connectivity index is 2.04. The van der Waals surface area contributed by atoms with Crippen molar-refractivity contribution in [1.82, 2.24) is 10.2 Å². The van der Waals surface area contributed by atoms with Crippen molar-refractivity contribution in [2.24, 2.45) is 0 Å². The average molecular weight is 230 g/mol. The molecule has 1 fully saturated rings. The van der Waals surface area contributed by atoms with Crippen LogP contribution in [0.15, 0.2) is 28.7 Å². The van der Waals surface area contributed by atoms with Crippen LogP contribution in [0.1, 0.15) is 35.0 Å². The highest BCUT2D eigenvalue weighted by molar-refractivity contribution is 5.94. The lowest BCUT2D eigenvalue weighted by Gasteiger charge is -1.99. The van der Waals surface area contributed by atoms with Crippen LogP contribution in [0, 0.1) is 0 Å². The van der Waals surface area contributed by atoms with E-state index in [9.17, 15) is 4.79 Å².